The number of anilines is 2. The SMILES string of the molecule is Cl.c1cc(Nc2cc3cc(OC4CCNCC4)ccc3cn2)ccn1. The minimum absolute atomic E-state index is 0. The van der Waals surface area contributed by atoms with Gasteiger partial charge < -0.3 is 15.4 Å². The molecule has 1 aromatic carbocycles. The number of piperidine rings is 1. The van der Waals surface area contributed by atoms with Crippen LogP contribution in [0.1, 0.15) is 12.8 Å². The molecule has 25 heavy (non-hydrogen) atoms. The van der Waals surface area contributed by atoms with Crippen LogP contribution in [-0.2, 0) is 0 Å². The lowest BCUT2D eigenvalue weighted by atomic mass is 10.1. The molecule has 1 saturated heterocycles. The first-order chi connectivity index (χ1) is 11.9. The molecule has 1 fully saturated rings. The minimum atomic E-state index is 0. The molecule has 0 spiro atoms. The van der Waals surface area contributed by atoms with Crippen LogP contribution in [0.25, 0.3) is 10.8 Å². The summed E-state index contributed by atoms with van der Waals surface area (Å²) < 4.78 is 6.13. The van der Waals surface area contributed by atoms with Crippen LogP contribution in [0.15, 0.2) is 55.0 Å². The van der Waals surface area contributed by atoms with E-state index in [2.05, 4.69) is 32.7 Å². The highest BCUT2D eigenvalue weighted by atomic mass is 35.5. The molecule has 0 saturated carbocycles. The van der Waals surface area contributed by atoms with E-state index >= 15 is 0 Å². The van der Waals surface area contributed by atoms with Crippen molar-refractivity contribution in [3.63, 3.8) is 0 Å². The number of benzene rings is 1. The Balaban J connectivity index is 0.00000182. The fraction of sp³-hybridized carbons (Fsp3) is 0.263. The van der Waals surface area contributed by atoms with E-state index < -0.39 is 0 Å². The molecular weight excluding hydrogens is 336 g/mol. The summed E-state index contributed by atoms with van der Waals surface area (Å²) in [6, 6.07) is 12.1. The summed E-state index contributed by atoms with van der Waals surface area (Å²) in [5.74, 6) is 1.74. The molecule has 0 radical (unpaired) electrons. The van der Waals surface area contributed by atoms with Crippen molar-refractivity contribution in [1.82, 2.24) is 15.3 Å². The molecule has 5 nitrogen and oxygen atoms in total. The summed E-state index contributed by atoms with van der Waals surface area (Å²) in [7, 11) is 0. The molecule has 130 valence electrons. The predicted molar refractivity (Wildman–Crippen MR) is 103 cm³/mol. The van der Waals surface area contributed by atoms with Gasteiger partial charge >= 0.3 is 0 Å². The summed E-state index contributed by atoms with van der Waals surface area (Å²) >= 11 is 0. The normalized spacial score (nSPS) is 14.7. The van der Waals surface area contributed by atoms with Crippen LogP contribution < -0.4 is 15.4 Å². The van der Waals surface area contributed by atoms with Gasteiger partial charge in [0.25, 0.3) is 0 Å². The fourth-order valence-corrected chi connectivity index (χ4v) is 2.95. The summed E-state index contributed by atoms with van der Waals surface area (Å²) in [4.78, 5) is 8.49. The molecule has 3 heterocycles. The summed E-state index contributed by atoms with van der Waals surface area (Å²) in [5, 5.41) is 8.88. The van der Waals surface area contributed by atoms with Crippen LogP contribution in [0.5, 0.6) is 5.75 Å². The molecule has 0 unspecified atom stereocenters. The number of ether oxygens (including phenoxy) is 1. The molecular formula is C19H21ClN4O. The van der Waals surface area contributed by atoms with Crippen molar-refractivity contribution in [1.29, 1.82) is 0 Å². The maximum atomic E-state index is 6.13. The molecule has 6 heteroatoms. The van der Waals surface area contributed by atoms with Gasteiger partial charge in [-0.15, -0.1) is 12.4 Å². The van der Waals surface area contributed by atoms with Crippen molar-refractivity contribution in [2.24, 2.45) is 0 Å². The molecule has 1 aliphatic rings. The Morgan fingerprint density at radius 3 is 2.60 bits per heavy atom. The van der Waals surface area contributed by atoms with Crippen LogP contribution in [0.3, 0.4) is 0 Å². The zero-order valence-corrected chi connectivity index (χ0v) is 14.6. The highest BCUT2D eigenvalue weighted by Crippen LogP contribution is 2.25. The maximum Gasteiger partial charge on any atom is 0.130 e. The van der Waals surface area contributed by atoms with E-state index in [0.29, 0.717) is 6.10 Å². The highest BCUT2D eigenvalue weighted by molar-refractivity contribution is 5.86. The van der Waals surface area contributed by atoms with Gasteiger partial charge in [-0.25, -0.2) is 4.98 Å². The number of nitrogens with zero attached hydrogens (tertiary/aromatic N) is 2. The van der Waals surface area contributed by atoms with Crippen LogP contribution in [-0.4, -0.2) is 29.2 Å². The van der Waals surface area contributed by atoms with Crippen LogP contribution >= 0.6 is 12.4 Å². The zero-order chi connectivity index (χ0) is 16.2. The molecule has 0 atom stereocenters. The highest BCUT2D eigenvalue weighted by Gasteiger charge is 2.14. The Kier molecular flexibility index (Phi) is 5.68. The third-order valence-electron chi connectivity index (χ3n) is 4.23. The Labute approximate surface area is 153 Å². The van der Waals surface area contributed by atoms with E-state index in [0.717, 1.165) is 54.0 Å². The number of pyridine rings is 2. The van der Waals surface area contributed by atoms with Gasteiger partial charge in [0.15, 0.2) is 0 Å². The second-order valence-corrected chi connectivity index (χ2v) is 6.01. The maximum absolute atomic E-state index is 6.13. The standard InChI is InChI=1S/C19H20N4O.ClH/c1-2-18(24-17-5-9-21-10-6-17)11-15-12-19(22-13-14(1)15)23-16-3-7-20-8-4-16;/h1-4,7-8,11-13,17,21H,5-6,9-10H2,(H,20,22,23);1H. The largest absolute Gasteiger partial charge is 0.490 e. The van der Waals surface area contributed by atoms with Crippen molar-refractivity contribution in [2.75, 3.05) is 18.4 Å². The van der Waals surface area contributed by atoms with E-state index in [1.54, 1.807) is 12.4 Å². The van der Waals surface area contributed by atoms with Gasteiger partial charge in [0.1, 0.15) is 17.7 Å². The Bertz CT molecular complexity index is 822. The lowest BCUT2D eigenvalue weighted by molar-refractivity contribution is 0.162. The van der Waals surface area contributed by atoms with Gasteiger partial charge in [-0.3, -0.25) is 4.98 Å². The lowest BCUT2D eigenvalue weighted by Crippen LogP contribution is -2.34. The van der Waals surface area contributed by atoms with Gasteiger partial charge in [-0.2, -0.15) is 0 Å². The number of hydrogen-bond donors (Lipinski definition) is 2. The van der Waals surface area contributed by atoms with Gasteiger partial charge in [-0.1, -0.05) is 0 Å². The van der Waals surface area contributed by atoms with Gasteiger partial charge in [0.2, 0.25) is 0 Å². The zero-order valence-electron chi connectivity index (χ0n) is 13.8. The number of nitrogens with one attached hydrogen (secondary N) is 2. The number of hydrogen-bond acceptors (Lipinski definition) is 5. The summed E-state index contributed by atoms with van der Waals surface area (Å²) in [6.07, 6.45) is 7.82. The van der Waals surface area contributed by atoms with Crippen molar-refractivity contribution < 1.29 is 4.74 Å². The molecule has 0 aliphatic carbocycles. The molecule has 0 bridgehead atoms. The van der Waals surface area contributed by atoms with Crippen LogP contribution in [0, 0.1) is 0 Å². The quantitative estimate of drug-likeness (QED) is 0.741. The topological polar surface area (TPSA) is 59.1 Å². The third kappa shape index (κ3) is 4.38. The fourth-order valence-electron chi connectivity index (χ4n) is 2.95. The average molecular weight is 357 g/mol. The van der Waals surface area contributed by atoms with Crippen LogP contribution in [0.2, 0.25) is 0 Å². The number of rotatable bonds is 4. The molecule has 2 N–H and O–H groups in total. The second kappa shape index (κ2) is 8.14. The Morgan fingerprint density at radius 1 is 1.00 bits per heavy atom. The van der Waals surface area contributed by atoms with E-state index in [-0.39, 0.29) is 12.4 Å². The smallest absolute Gasteiger partial charge is 0.130 e. The van der Waals surface area contributed by atoms with E-state index in [9.17, 15) is 0 Å². The van der Waals surface area contributed by atoms with Crippen molar-refractivity contribution in [3.05, 3.63) is 55.0 Å². The monoisotopic (exact) mass is 356 g/mol. The van der Waals surface area contributed by atoms with Crippen molar-refractivity contribution >= 4 is 34.7 Å². The predicted octanol–water partition coefficient (Wildman–Crippen LogP) is 3.93. The number of halogens is 1. The third-order valence-corrected chi connectivity index (χ3v) is 4.23. The summed E-state index contributed by atoms with van der Waals surface area (Å²) in [5.41, 5.74) is 0.971. The molecule has 1 aliphatic heterocycles. The second-order valence-electron chi connectivity index (χ2n) is 6.01. The Hall–Kier alpha value is -2.37. The molecule has 0 amide bonds. The van der Waals surface area contributed by atoms with E-state index in [4.69, 9.17) is 4.74 Å². The molecule has 2 aromatic heterocycles. The first kappa shape index (κ1) is 17.5. The first-order valence-corrected chi connectivity index (χ1v) is 8.31. The molecule has 4 rings (SSSR count). The van der Waals surface area contributed by atoms with Crippen LogP contribution in [0.4, 0.5) is 11.5 Å². The van der Waals surface area contributed by atoms with Gasteiger partial charge in [0, 0.05) is 29.7 Å². The van der Waals surface area contributed by atoms with Crippen molar-refractivity contribution in [3.8, 4) is 5.75 Å². The van der Waals surface area contributed by atoms with Gasteiger partial charge in [0.05, 0.1) is 0 Å². The lowest BCUT2D eigenvalue weighted by Gasteiger charge is -2.24. The number of aromatic nitrogens is 2. The van der Waals surface area contributed by atoms with E-state index in [1.807, 2.05) is 30.5 Å². The van der Waals surface area contributed by atoms with Gasteiger partial charge in [-0.05, 0) is 67.7 Å². The van der Waals surface area contributed by atoms with E-state index in [1.165, 1.54) is 0 Å². The average Bonchev–Trinajstić information content (AvgIpc) is 2.63. The minimum Gasteiger partial charge on any atom is -0.490 e. The first-order valence-electron chi connectivity index (χ1n) is 8.31. The summed E-state index contributed by atoms with van der Waals surface area (Å²) in [6.45, 7) is 2.06. The number of fused-ring (bicyclic) bond motifs is 1. The molecule has 3 aromatic rings. The van der Waals surface area contributed by atoms with Crippen molar-refractivity contribution in [2.45, 2.75) is 18.9 Å². The Morgan fingerprint density at radius 2 is 1.80 bits per heavy atom.